The summed E-state index contributed by atoms with van der Waals surface area (Å²) in [6.45, 7) is 2.33. The minimum absolute atomic E-state index is 0.174. The summed E-state index contributed by atoms with van der Waals surface area (Å²) in [6, 6.07) is 15.4. The summed E-state index contributed by atoms with van der Waals surface area (Å²) in [4.78, 5) is 12.0. The Morgan fingerprint density at radius 3 is 2.86 bits per heavy atom. The van der Waals surface area contributed by atoms with E-state index in [1.54, 1.807) is 12.1 Å². The van der Waals surface area contributed by atoms with Gasteiger partial charge in [0.25, 0.3) is 5.91 Å². The molecule has 2 aromatic carbocycles. The standard InChI is InChI=1S/C18H20N2O2/c1-12-9-14-7-8-15(10-16(14)20-12)17(21)11-19-18(22)13-5-3-2-4-6-13/h2-8,10,12,17,20-21H,9,11H2,1H3,(H,19,22). The third kappa shape index (κ3) is 3.12. The van der Waals surface area contributed by atoms with Crippen LogP contribution in [0.3, 0.4) is 0 Å². The summed E-state index contributed by atoms with van der Waals surface area (Å²) in [5, 5.41) is 16.4. The lowest BCUT2D eigenvalue weighted by molar-refractivity contribution is 0.0916. The number of hydrogen-bond acceptors (Lipinski definition) is 3. The fraction of sp³-hybridized carbons (Fsp3) is 0.278. The molecule has 0 radical (unpaired) electrons. The molecule has 2 atom stereocenters. The number of carbonyl (C=O) groups is 1. The first kappa shape index (κ1) is 14.6. The number of aliphatic hydroxyl groups excluding tert-OH is 1. The SMILES string of the molecule is CC1Cc2ccc(C(O)CNC(=O)c3ccccc3)cc2N1. The Morgan fingerprint density at radius 1 is 1.32 bits per heavy atom. The highest BCUT2D eigenvalue weighted by Crippen LogP contribution is 2.28. The van der Waals surface area contributed by atoms with Crippen molar-refractivity contribution in [2.75, 3.05) is 11.9 Å². The van der Waals surface area contributed by atoms with Gasteiger partial charge in [-0.15, -0.1) is 0 Å². The maximum Gasteiger partial charge on any atom is 0.251 e. The second-order valence-electron chi connectivity index (χ2n) is 5.76. The van der Waals surface area contributed by atoms with Crippen LogP contribution in [0.25, 0.3) is 0 Å². The number of benzene rings is 2. The van der Waals surface area contributed by atoms with Gasteiger partial charge in [-0.1, -0.05) is 30.3 Å². The summed E-state index contributed by atoms with van der Waals surface area (Å²) < 4.78 is 0. The number of aliphatic hydroxyl groups is 1. The van der Waals surface area contributed by atoms with Crippen LogP contribution < -0.4 is 10.6 Å². The number of carbonyl (C=O) groups excluding carboxylic acids is 1. The van der Waals surface area contributed by atoms with Gasteiger partial charge in [-0.25, -0.2) is 0 Å². The zero-order valence-electron chi connectivity index (χ0n) is 12.5. The highest BCUT2D eigenvalue weighted by molar-refractivity contribution is 5.94. The number of fused-ring (bicyclic) bond motifs is 1. The van der Waals surface area contributed by atoms with Crippen LogP contribution in [0.5, 0.6) is 0 Å². The Balaban J connectivity index is 1.62. The molecule has 114 valence electrons. The van der Waals surface area contributed by atoms with Crippen molar-refractivity contribution in [2.24, 2.45) is 0 Å². The largest absolute Gasteiger partial charge is 0.387 e. The summed E-state index contributed by atoms with van der Waals surface area (Å²) in [7, 11) is 0. The van der Waals surface area contributed by atoms with Crippen LogP contribution in [0, 0.1) is 0 Å². The van der Waals surface area contributed by atoms with Crippen LogP contribution in [-0.4, -0.2) is 23.6 Å². The Bertz CT molecular complexity index is 670. The van der Waals surface area contributed by atoms with Gasteiger partial charge in [0.05, 0.1) is 6.10 Å². The predicted octanol–water partition coefficient (Wildman–Crippen LogP) is 2.51. The predicted molar refractivity (Wildman–Crippen MR) is 87.0 cm³/mol. The molecular weight excluding hydrogens is 276 g/mol. The van der Waals surface area contributed by atoms with Gasteiger partial charge in [-0.3, -0.25) is 4.79 Å². The summed E-state index contributed by atoms with van der Waals surface area (Å²) in [5.74, 6) is -0.174. The van der Waals surface area contributed by atoms with Crippen LogP contribution >= 0.6 is 0 Å². The van der Waals surface area contributed by atoms with Gasteiger partial charge in [0.15, 0.2) is 0 Å². The van der Waals surface area contributed by atoms with Gasteiger partial charge < -0.3 is 15.7 Å². The van der Waals surface area contributed by atoms with E-state index in [0.29, 0.717) is 11.6 Å². The van der Waals surface area contributed by atoms with Gasteiger partial charge in [-0.05, 0) is 42.7 Å². The van der Waals surface area contributed by atoms with E-state index >= 15 is 0 Å². The molecule has 0 saturated carbocycles. The molecular formula is C18H20N2O2. The quantitative estimate of drug-likeness (QED) is 0.812. The average Bonchev–Trinajstić information content (AvgIpc) is 2.92. The minimum atomic E-state index is -0.712. The van der Waals surface area contributed by atoms with Gasteiger partial charge in [-0.2, -0.15) is 0 Å². The number of amides is 1. The average molecular weight is 296 g/mol. The first-order chi connectivity index (χ1) is 10.6. The second-order valence-corrected chi connectivity index (χ2v) is 5.76. The first-order valence-electron chi connectivity index (χ1n) is 7.54. The summed E-state index contributed by atoms with van der Waals surface area (Å²) in [5.41, 5.74) is 3.77. The van der Waals surface area contributed by atoms with Crippen molar-refractivity contribution in [1.82, 2.24) is 5.32 Å². The fourth-order valence-corrected chi connectivity index (χ4v) is 2.76. The van der Waals surface area contributed by atoms with E-state index in [9.17, 15) is 9.90 Å². The highest BCUT2D eigenvalue weighted by Gasteiger charge is 2.18. The zero-order valence-corrected chi connectivity index (χ0v) is 12.5. The van der Waals surface area contributed by atoms with Crippen molar-refractivity contribution in [3.8, 4) is 0 Å². The third-order valence-electron chi connectivity index (χ3n) is 3.94. The maximum absolute atomic E-state index is 12.0. The van der Waals surface area contributed by atoms with E-state index in [-0.39, 0.29) is 12.5 Å². The van der Waals surface area contributed by atoms with Crippen molar-refractivity contribution in [1.29, 1.82) is 0 Å². The molecule has 0 spiro atoms. The Labute approximate surface area is 130 Å². The summed E-state index contributed by atoms with van der Waals surface area (Å²) >= 11 is 0. The fourth-order valence-electron chi connectivity index (χ4n) is 2.76. The molecule has 0 saturated heterocycles. The molecule has 2 unspecified atom stereocenters. The molecule has 1 amide bonds. The zero-order chi connectivity index (χ0) is 15.5. The molecule has 1 aliphatic rings. The molecule has 0 fully saturated rings. The van der Waals surface area contributed by atoms with E-state index in [1.165, 1.54) is 5.56 Å². The first-order valence-corrected chi connectivity index (χ1v) is 7.54. The molecule has 3 N–H and O–H groups in total. The Morgan fingerprint density at radius 2 is 2.09 bits per heavy atom. The number of rotatable bonds is 4. The molecule has 1 aliphatic heterocycles. The van der Waals surface area contributed by atoms with Crippen molar-refractivity contribution < 1.29 is 9.90 Å². The number of hydrogen-bond donors (Lipinski definition) is 3. The van der Waals surface area contributed by atoms with Crippen molar-refractivity contribution in [2.45, 2.75) is 25.5 Å². The van der Waals surface area contributed by atoms with E-state index in [2.05, 4.69) is 17.6 Å². The van der Waals surface area contributed by atoms with Crippen LogP contribution in [0.1, 0.15) is 34.5 Å². The molecule has 3 rings (SSSR count). The molecule has 0 aliphatic carbocycles. The lowest BCUT2D eigenvalue weighted by Crippen LogP contribution is -2.28. The number of anilines is 1. The van der Waals surface area contributed by atoms with Crippen LogP contribution in [0.2, 0.25) is 0 Å². The molecule has 4 nitrogen and oxygen atoms in total. The van der Waals surface area contributed by atoms with Crippen LogP contribution in [-0.2, 0) is 6.42 Å². The Hall–Kier alpha value is -2.33. The van der Waals surface area contributed by atoms with Crippen LogP contribution in [0.4, 0.5) is 5.69 Å². The van der Waals surface area contributed by atoms with Gasteiger partial charge in [0.2, 0.25) is 0 Å². The minimum Gasteiger partial charge on any atom is -0.387 e. The Kier molecular flexibility index (Phi) is 4.11. The molecule has 4 heteroatoms. The van der Waals surface area contributed by atoms with E-state index in [4.69, 9.17) is 0 Å². The number of nitrogens with one attached hydrogen (secondary N) is 2. The van der Waals surface area contributed by atoms with Gasteiger partial charge >= 0.3 is 0 Å². The second kappa shape index (κ2) is 6.20. The van der Waals surface area contributed by atoms with Gasteiger partial charge in [0, 0.05) is 23.8 Å². The molecule has 1 heterocycles. The smallest absolute Gasteiger partial charge is 0.251 e. The topological polar surface area (TPSA) is 61.4 Å². The van der Waals surface area contributed by atoms with Gasteiger partial charge in [0.1, 0.15) is 0 Å². The molecule has 2 aromatic rings. The van der Waals surface area contributed by atoms with Crippen LogP contribution in [0.15, 0.2) is 48.5 Å². The van der Waals surface area contributed by atoms with Crippen molar-refractivity contribution in [3.05, 3.63) is 65.2 Å². The summed E-state index contributed by atoms with van der Waals surface area (Å²) in [6.07, 6.45) is 0.298. The van der Waals surface area contributed by atoms with Crippen molar-refractivity contribution >= 4 is 11.6 Å². The molecule has 0 bridgehead atoms. The van der Waals surface area contributed by atoms with E-state index in [1.807, 2.05) is 36.4 Å². The normalized spacial score (nSPS) is 17.5. The van der Waals surface area contributed by atoms with E-state index < -0.39 is 6.10 Å². The lowest BCUT2D eigenvalue weighted by Gasteiger charge is -2.14. The maximum atomic E-state index is 12.0. The lowest BCUT2D eigenvalue weighted by atomic mass is 10.0. The third-order valence-corrected chi connectivity index (χ3v) is 3.94. The molecule has 22 heavy (non-hydrogen) atoms. The highest BCUT2D eigenvalue weighted by atomic mass is 16.3. The van der Waals surface area contributed by atoms with Crippen molar-refractivity contribution in [3.63, 3.8) is 0 Å². The molecule has 0 aromatic heterocycles. The monoisotopic (exact) mass is 296 g/mol. The van der Waals surface area contributed by atoms with E-state index in [0.717, 1.165) is 17.7 Å².